The zero-order valence-corrected chi connectivity index (χ0v) is 13.1. The fraction of sp³-hybridized carbons (Fsp3) is 0.278. The van der Waals surface area contributed by atoms with Crippen molar-refractivity contribution in [2.75, 3.05) is 26.4 Å². The average Bonchev–Trinajstić information content (AvgIpc) is 2.54. The molecule has 2 N–H and O–H groups in total. The van der Waals surface area contributed by atoms with Crippen LogP contribution in [-0.2, 0) is 6.42 Å². The lowest BCUT2D eigenvalue weighted by Crippen LogP contribution is -2.28. The van der Waals surface area contributed by atoms with E-state index in [9.17, 15) is 4.79 Å². The van der Waals surface area contributed by atoms with Crippen molar-refractivity contribution >= 4 is 11.6 Å². The second-order valence-electron chi connectivity index (χ2n) is 5.30. The van der Waals surface area contributed by atoms with Crippen molar-refractivity contribution < 1.29 is 9.53 Å². The van der Waals surface area contributed by atoms with E-state index in [-0.39, 0.29) is 5.91 Å². The number of nitrogen functional groups attached to an aromatic ring is 1. The Labute approximate surface area is 131 Å². The molecule has 2 aromatic rings. The Morgan fingerprint density at radius 3 is 2.55 bits per heavy atom. The number of methoxy groups -OCH3 is 1. The van der Waals surface area contributed by atoms with Crippen LogP contribution in [0.1, 0.15) is 22.3 Å². The molecule has 0 radical (unpaired) electrons. The highest BCUT2D eigenvalue weighted by Gasteiger charge is 2.11. The van der Waals surface area contributed by atoms with Crippen LogP contribution in [0, 0.1) is 0 Å². The van der Waals surface area contributed by atoms with Crippen LogP contribution in [-0.4, -0.2) is 31.5 Å². The number of amides is 1. The molecule has 116 valence electrons. The summed E-state index contributed by atoms with van der Waals surface area (Å²) in [7, 11) is 3.48. The van der Waals surface area contributed by atoms with E-state index in [2.05, 4.69) is 12.1 Å². The van der Waals surface area contributed by atoms with Crippen molar-refractivity contribution in [2.45, 2.75) is 12.8 Å². The second-order valence-corrected chi connectivity index (χ2v) is 5.30. The van der Waals surface area contributed by atoms with Gasteiger partial charge < -0.3 is 15.4 Å². The van der Waals surface area contributed by atoms with Gasteiger partial charge in [-0.1, -0.05) is 18.2 Å². The number of ether oxygens (including phenoxy) is 1. The molecular formula is C18H22N2O2. The van der Waals surface area contributed by atoms with Crippen LogP contribution in [0.25, 0.3) is 0 Å². The number of hydrogen-bond acceptors (Lipinski definition) is 3. The van der Waals surface area contributed by atoms with Crippen LogP contribution in [0.3, 0.4) is 0 Å². The van der Waals surface area contributed by atoms with Crippen molar-refractivity contribution in [3.63, 3.8) is 0 Å². The molecule has 0 heterocycles. The smallest absolute Gasteiger partial charge is 0.253 e. The second kappa shape index (κ2) is 7.50. The van der Waals surface area contributed by atoms with Crippen molar-refractivity contribution in [2.24, 2.45) is 0 Å². The summed E-state index contributed by atoms with van der Waals surface area (Å²) in [5.74, 6) is 0.861. The number of nitrogens with two attached hydrogens (primary N) is 1. The van der Waals surface area contributed by atoms with E-state index >= 15 is 0 Å². The van der Waals surface area contributed by atoms with Crippen LogP contribution in [0.2, 0.25) is 0 Å². The van der Waals surface area contributed by atoms with E-state index in [1.165, 1.54) is 5.56 Å². The normalized spacial score (nSPS) is 10.3. The van der Waals surface area contributed by atoms with E-state index < -0.39 is 0 Å². The van der Waals surface area contributed by atoms with Crippen LogP contribution >= 0.6 is 0 Å². The highest BCUT2D eigenvalue weighted by molar-refractivity contribution is 5.94. The van der Waals surface area contributed by atoms with Gasteiger partial charge in [0.15, 0.2) is 0 Å². The van der Waals surface area contributed by atoms with Gasteiger partial charge in [-0.05, 0) is 48.7 Å². The Kier molecular flexibility index (Phi) is 5.42. The first-order valence-corrected chi connectivity index (χ1v) is 7.34. The standard InChI is InChI=1S/C18H22N2O2/c1-20(18(21)15-6-3-7-16(19)13-15)12-4-5-14-8-10-17(22-2)11-9-14/h3,6-11,13H,4-5,12,19H2,1-2H3. The van der Waals surface area contributed by atoms with Gasteiger partial charge in [0.25, 0.3) is 5.91 Å². The van der Waals surface area contributed by atoms with E-state index in [1.807, 2.05) is 19.2 Å². The molecule has 0 aliphatic carbocycles. The summed E-state index contributed by atoms with van der Waals surface area (Å²) in [6.07, 6.45) is 1.84. The number of benzene rings is 2. The van der Waals surface area contributed by atoms with Crippen LogP contribution in [0.4, 0.5) is 5.69 Å². The highest BCUT2D eigenvalue weighted by Crippen LogP contribution is 2.13. The maximum absolute atomic E-state index is 12.3. The summed E-state index contributed by atoms with van der Waals surface area (Å²) >= 11 is 0. The third-order valence-corrected chi connectivity index (χ3v) is 3.60. The zero-order valence-electron chi connectivity index (χ0n) is 13.1. The Morgan fingerprint density at radius 1 is 1.18 bits per heavy atom. The largest absolute Gasteiger partial charge is 0.497 e. The number of carbonyl (C=O) groups is 1. The van der Waals surface area contributed by atoms with Crippen LogP contribution in [0.5, 0.6) is 5.75 Å². The first kappa shape index (κ1) is 15.9. The minimum atomic E-state index is 0.00188. The third kappa shape index (κ3) is 4.25. The average molecular weight is 298 g/mol. The van der Waals surface area contributed by atoms with Crippen LogP contribution in [0.15, 0.2) is 48.5 Å². The van der Waals surface area contributed by atoms with Gasteiger partial charge in [-0.3, -0.25) is 4.79 Å². The molecule has 0 saturated carbocycles. The summed E-state index contributed by atoms with van der Waals surface area (Å²) in [5.41, 5.74) is 8.20. The number of anilines is 1. The molecule has 4 nitrogen and oxygen atoms in total. The van der Waals surface area contributed by atoms with Gasteiger partial charge in [0.2, 0.25) is 0 Å². The maximum Gasteiger partial charge on any atom is 0.253 e. The van der Waals surface area contributed by atoms with Crippen molar-refractivity contribution in [3.05, 3.63) is 59.7 Å². The molecule has 4 heteroatoms. The van der Waals surface area contributed by atoms with Crippen molar-refractivity contribution in [3.8, 4) is 5.75 Å². The summed E-state index contributed by atoms with van der Waals surface area (Å²) in [6.45, 7) is 0.708. The minimum Gasteiger partial charge on any atom is -0.497 e. The monoisotopic (exact) mass is 298 g/mol. The fourth-order valence-corrected chi connectivity index (χ4v) is 2.31. The summed E-state index contributed by atoms with van der Waals surface area (Å²) in [4.78, 5) is 14.0. The summed E-state index contributed by atoms with van der Waals surface area (Å²) < 4.78 is 5.14. The van der Waals surface area contributed by atoms with Gasteiger partial charge in [-0.25, -0.2) is 0 Å². The lowest BCUT2D eigenvalue weighted by molar-refractivity contribution is 0.0793. The topological polar surface area (TPSA) is 55.6 Å². The molecule has 0 bridgehead atoms. The van der Waals surface area contributed by atoms with Gasteiger partial charge in [-0.2, -0.15) is 0 Å². The molecule has 0 atom stereocenters. The van der Waals surface area contributed by atoms with Crippen molar-refractivity contribution in [1.82, 2.24) is 4.90 Å². The number of carbonyl (C=O) groups excluding carboxylic acids is 1. The van der Waals surface area contributed by atoms with E-state index in [4.69, 9.17) is 10.5 Å². The molecule has 22 heavy (non-hydrogen) atoms. The van der Waals surface area contributed by atoms with Gasteiger partial charge in [0, 0.05) is 24.8 Å². The number of nitrogens with zero attached hydrogens (tertiary/aromatic N) is 1. The fourth-order valence-electron chi connectivity index (χ4n) is 2.31. The molecule has 0 aromatic heterocycles. The lowest BCUT2D eigenvalue weighted by atomic mass is 10.1. The Bertz CT molecular complexity index is 623. The van der Waals surface area contributed by atoms with E-state index in [1.54, 1.807) is 36.3 Å². The van der Waals surface area contributed by atoms with Crippen LogP contribution < -0.4 is 10.5 Å². The Balaban J connectivity index is 1.84. The summed E-state index contributed by atoms with van der Waals surface area (Å²) in [6, 6.07) is 15.1. The van der Waals surface area contributed by atoms with Gasteiger partial charge in [0.05, 0.1) is 7.11 Å². The molecule has 2 aromatic carbocycles. The Morgan fingerprint density at radius 2 is 1.91 bits per heavy atom. The van der Waals surface area contributed by atoms with Crippen molar-refractivity contribution in [1.29, 1.82) is 0 Å². The summed E-state index contributed by atoms with van der Waals surface area (Å²) in [5, 5.41) is 0. The molecular weight excluding hydrogens is 276 g/mol. The first-order chi connectivity index (χ1) is 10.6. The molecule has 0 aliphatic rings. The molecule has 1 amide bonds. The predicted molar refractivity (Wildman–Crippen MR) is 89.1 cm³/mol. The maximum atomic E-state index is 12.3. The number of hydrogen-bond donors (Lipinski definition) is 1. The Hall–Kier alpha value is -2.49. The lowest BCUT2D eigenvalue weighted by Gasteiger charge is -2.17. The quantitative estimate of drug-likeness (QED) is 0.834. The van der Waals surface area contributed by atoms with Gasteiger partial charge in [0.1, 0.15) is 5.75 Å². The molecule has 0 spiro atoms. The SMILES string of the molecule is COc1ccc(CCCN(C)C(=O)c2cccc(N)c2)cc1. The van der Waals surface area contributed by atoms with E-state index in [0.717, 1.165) is 18.6 Å². The molecule has 0 unspecified atom stereocenters. The minimum absolute atomic E-state index is 0.00188. The van der Waals surface area contributed by atoms with E-state index in [0.29, 0.717) is 17.8 Å². The van der Waals surface area contributed by atoms with Gasteiger partial charge >= 0.3 is 0 Å². The zero-order chi connectivity index (χ0) is 15.9. The third-order valence-electron chi connectivity index (χ3n) is 3.60. The molecule has 2 rings (SSSR count). The molecule has 0 saturated heterocycles. The first-order valence-electron chi connectivity index (χ1n) is 7.34. The molecule has 0 fully saturated rings. The van der Waals surface area contributed by atoms with Gasteiger partial charge in [-0.15, -0.1) is 0 Å². The number of aryl methyl sites for hydroxylation is 1. The highest BCUT2D eigenvalue weighted by atomic mass is 16.5. The number of rotatable bonds is 6. The molecule has 0 aliphatic heterocycles. The predicted octanol–water partition coefficient (Wildman–Crippen LogP) is 2.98.